The van der Waals surface area contributed by atoms with Crippen molar-refractivity contribution >= 4 is 17.5 Å². The molecule has 1 saturated heterocycles. The lowest BCUT2D eigenvalue weighted by Gasteiger charge is -2.34. The molecule has 2 heterocycles. The van der Waals surface area contributed by atoms with Crippen LogP contribution in [0.3, 0.4) is 0 Å². The highest BCUT2D eigenvalue weighted by Crippen LogP contribution is 2.47. The van der Waals surface area contributed by atoms with Crippen molar-refractivity contribution in [3.8, 4) is 5.75 Å². The molecule has 0 N–H and O–H groups in total. The molecular formula is C26H22N2O4. The van der Waals surface area contributed by atoms with Crippen molar-refractivity contribution in [1.82, 2.24) is 0 Å². The summed E-state index contributed by atoms with van der Waals surface area (Å²) in [5.41, 5.74) is 3.09. The molecule has 1 fully saturated rings. The molecule has 0 aliphatic carbocycles. The molecule has 0 spiro atoms. The van der Waals surface area contributed by atoms with Gasteiger partial charge in [-0.25, -0.2) is 0 Å². The number of para-hydroxylation sites is 1. The molecule has 6 nitrogen and oxygen atoms in total. The van der Waals surface area contributed by atoms with Gasteiger partial charge in [0.25, 0.3) is 0 Å². The first-order valence-corrected chi connectivity index (χ1v) is 10.5. The minimum Gasteiger partial charge on any atom is -0.497 e. The fourth-order valence-corrected chi connectivity index (χ4v) is 5.03. The summed E-state index contributed by atoms with van der Waals surface area (Å²) in [6.45, 7) is 0. The normalized spacial score (nSPS) is 23.3. The van der Waals surface area contributed by atoms with Gasteiger partial charge in [-0.2, -0.15) is 0 Å². The molecule has 0 radical (unpaired) electrons. The molecule has 3 aromatic carbocycles. The number of fused-ring (bicyclic) bond motifs is 3. The van der Waals surface area contributed by atoms with Crippen molar-refractivity contribution in [2.45, 2.75) is 24.0 Å². The maximum atomic E-state index is 13.9. The number of nitrogens with zero attached hydrogens (tertiary/aromatic N) is 2. The summed E-state index contributed by atoms with van der Waals surface area (Å²) in [6, 6.07) is 21.8. The zero-order chi connectivity index (χ0) is 22.2. The Morgan fingerprint density at radius 1 is 0.969 bits per heavy atom. The van der Waals surface area contributed by atoms with Gasteiger partial charge in [-0.3, -0.25) is 14.9 Å². The second-order valence-corrected chi connectivity index (χ2v) is 8.07. The Labute approximate surface area is 185 Å². The summed E-state index contributed by atoms with van der Waals surface area (Å²) in [6.07, 6.45) is 3.79. The van der Waals surface area contributed by atoms with Crippen molar-refractivity contribution in [3.63, 3.8) is 0 Å². The zero-order valence-corrected chi connectivity index (χ0v) is 17.5. The molecule has 0 unspecified atom stereocenters. The van der Waals surface area contributed by atoms with E-state index in [1.807, 2.05) is 71.6 Å². The number of anilines is 1. The number of Topliss-reactive ketones (excluding diaryl/α,β-unsaturated/α-hetero) is 1. The SMILES string of the molecule is COc1ccc([C@@H]2[C@@H]([N+](=O)[O-])[C@H]3C=Cc4ccccc4N3[C@H]2C(=O)c2ccccc2)cc1. The van der Waals surface area contributed by atoms with E-state index in [1.54, 1.807) is 31.4 Å². The molecule has 160 valence electrons. The van der Waals surface area contributed by atoms with Crippen molar-refractivity contribution in [2.24, 2.45) is 0 Å². The van der Waals surface area contributed by atoms with Crippen LogP contribution in [0.25, 0.3) is 6.08 Å². The second kappa shape index (κ2) is 7.96. The highest BCUT2D eigenvalue weighted by atomic mass is 16.6. The summed E-state index contributed by atoms with van der Waals surface area (Å²) >= 11 is 0. The van der Waals surface area contributed by atoms with Crippen LogP contribution in [-0.4, -0.2) is 35.9 Å². The van der Waals surface area contributed by atoms with Crippen LogP contribution < -0.4 is 9.64 Å². The Kier molecular flexibility index (Phi) is 4.98. The van der Waals surface area contributed by atoms with Crippen LogP contribution in [0, 0.1) is 10.1 Å². The van der Waals surface area contributed by atoms with E-state index in [1.165, 1.54) is 0 Å². The summed E-state index contributed by atoms with van der Waals surface area (Å²) in [7, 11) is 1.58. The lowest BCUT2D eigenvalue weighted by molar-refractivity contribution is -0.524. The first-order valence-electron chi connectivity index (χ1n) is 10.5. The average molecular weight is 426 g/mol. The van der Waals surface area contributed by atoms with Crippen molar-refractivity contribution in [3.05, 3.63) is 112 Å². The molecule has 32 heavy (non-hydrogen) atoms. The number of ketones is 1. The lowest BCUT2D eigenvalue weighted by atomic mass is 9.83. The number of carbonyl (C=O) groups is 1. The van der Waals surface area contributed by atoms with Gasteiger partial charge in [-0.05, 0) is 29.3 Å². The third-order valence-corrected chi connectivity index (χ3v) is 6.44. The molecule has 0 aromatic heterocycles. The Morgan fingerprint density at radius 2 is 1.66 bits per heavy atom. The van der Waals surface area contributed by atoms with Crippen LogP contribution in [0.4, 0.5) is 5.69 Å². The first-order chi connectivity index (χ1) is 15.6. The Bertz CT molecular complexity index is 1190. The summed E-state index contributed by atoms with van der Waals surface area (Å²) in [5, 5.41) is 12.4. The van der Waals surface area contributed by atoms with Gasteiger partial charge >= 0.3 is 0 Å². The van der Waals surface area contributed by atoms with Gasteiger partial charge in [-0.15, -0.1) is 0 Å². The van der Waals surface area contributed by atoms with E-state index in [9.17, 15) is 14.9 Å². The van der Waals surface area contributed by atoms with Crippen LogP contribution in [0.2, 0.25) is 0 Å². The summed E-state index contributed by atoms with van der Waals surface area (Å²) in [4.78, 5) is 28.0. The third kappa shape index (κ3) is 3.15. The number of hydrogen-bond donors (Lipinski definition) is 0. The van der Waals surface area contributed by atoms with Crippen LogP contribution in [-0.2, 0) is 0 Å². The van der Waals surface area contributed by atoms with E-state index in [0.717, 1.165) is 16.8 Å². The number of hydrogen-bond acceptors (Lipinski definition) is 5. The van der Waals surface area contributed by atoms with Gasteiger partial charge in [0.15, 0.2) is 5.78 Å². The summed E-state index contributed by atoms with van der Waals surface area (Å²) in [5.74, 6) is -0.0754. The first kappa shape index (κ1) is 20.0. The van der Waals surface area contributed by atoms with E-state index in [2.05, 4.69) is 0 Å². The molecule has 0 saturated carbocycles. The second-order valence-electron chi connectivity index (χ2n) is 8.07. The Morgan fingerprint density at radius 3 is 2.34 bits per heavy atom. The average Bonchev–Trinajstić information content (AvgIpc) is 3.20. The van der Waals surface area contributed by atoms with Gasteiger partial charge in [0, 0.05) is 16.2 Å². The van der Waals surface area contributed by atoms with Crippen LogP contribution in [0.1, 0.15) is 27.4 Å². The van der Waals surface area contributed by atoms with Crippen LogP contribution >= 0.6 is 0 Å². The Balaban J connectivity index is 1.71. The number of rotatable bonds is 5. The predicted molar refractivity (Wildman–Crippen MR) is 123 cm³/mol. The fraction of sp³-hybridized carbons (Fsp3) is 0.192. The molecule has 0 bridgehead atoms. The molecule has 2 aliphatic rings. The molecular weight excluding hydrogens is 404 g/mol. The van der Waals surface area contributed by atoms with Gasteiger partial charge in [0.1, 0.15) is 17.8 Å². The predicted octanol–water partition coefficient (Wildman–Crippen LogP) is 4.59. The molecule has 0 amide bonds. The van der Waals surface area contributed by atoms with Gasteiger partial charge in [0.2, 0.25) is 6.04 Å². The molecule has 4 atom stereocenters. The van der Waals surface area contributed by atoms with Crippen molar-refractivity contribution in [1.29, 1.82) is 0 Å². The van der Waals surface area contributed by atoms with E-state index >= 15 is 0 Å². The fourth-order valence-electron chi connectivity index (χ4n) is 5.03. The standard InChI is InChI=1S/C26H22N2O4/c1-32-20-14-11-18(12-15-20)23-24(28(30)31)22-16-13-17-7-5-6-10-21(17)27(22)25(23)26(29)19-8-3-2-4-9-19/h2-16,22-25H,1H3/t22-,23-,24+,25-/m1/s1. The maximum Gasteiger partial charge on any atom is 0.245 e. The molecule has 3 aromatic rings. The quantitative estimate of drug-likeness (QED) is 0.339. The van der Waals surface area contributed by atoms with Crippen molar-refractivity contribution < 1.29 is 14.5 Å². The number of benzene rings is 3. The van der Waals surface area contributed by atoms with Gasteiger partial charge in [0.05, 0.1) is 13.0 Å². The Hall–Kier alpha value is -3.93. The van der Waals surface area contributed by atoms with E-state index < -0.39 is 24.0 Å². The monoisotopic (exact) mass is 426 g/mol. The van der Waals surface area contributed by atoms with Crippen molar-refractivity contribution in [2.75, 3.05) is 12.0 Å². The third-order valence-electron chi connectivity index (χ3n) is 6.44. The number of nitro groups is 1. The van der Waals surface area contributed by atoms with Gasteiger partial charge < -0.3 is 9.64 Å². The topological polar surface area (TPSA) is 72.7 Å². The highest BCUT2D eigenvalue weighted by molar-refractivity contribution is 6.04. The van der Waals surface area contributed by atoms with E-state index in [0.29, 0.717) is 11.3 Å². The molecule has 6 heteroatoms. The van der Waals surface area contributed by atoms with E-state index in [-0.39, 0.29) is 10.7 Å². The lowest BCUT2D eigenvalue weighted by Crippen LogP contribution is -2.44. The molecule has 2 aliphatic heterocycles. The number of ether oxygens (including phenoxy) is 1. The summed E-state index contributed by atoms with van der Waals surface area (Å²) < 4.78 is 5.27. The molecule has 5 rings (SSSR count). The van der Waals surface area contributed by atoms with E-state index in [4.69, 9.17) is 4.74 Å². The minimum atomic E-state index is -0.967. The number of carbonyl (C=O) groups excluding carboxylic acids is 1. The number of methoxy groups -OCH3 is 1. The minimum absolute atomic E-state index is 0.120. The zero-order valence-electron chi connectivity index (χ0n) is 17.5. The smallest absolute Gasteiger partial charge is 0.245 e. The van der Waals surface area contributed by atoms with Crippen LogP contribution in [0.5, 0.6) is 5.75 Å². The maximum absolute atomic E-state index is 13.9. The van der Waals surface area contributed by atoms with Gasteiger partial charge in [-0.1, -0.05) is 72.8 Å². The largest absolute Gasteiger partial charge is 0.497 e. The van der Waals surface area contributed by atoms with Crippen LogP contribution in [0.15, 0.2) is 84.9 Å². The highest BCUT2D eigenvalue weighted by Gasteiger charge is 2.58.